The maximum atomic E-state index is 12.2. The topological polar surface area (TPSA) is 90.4 Å². The fraction of sp³-hybridized carbons (Fsp3) is 0. The predicted octanol–water partition coefficient (Wildman–Crippen LogP) is 2.60. The fourth-order valence-electron chi connectivity index (χ4n) is 2.35. The molecule has 0 aliphatic heterocycles. The van der Waals surface area contributed by atoms with Gasteiger partial charge >= 0.3 is 5.97 Å². The maximum Gasteiger partial charge on any atom is 0.337 e. The second-order valence-corrected chi connectivity index (χ2v) is 4.58. The molecule has 0 saturated carbocycles. The first kappa shape index (κ1) is 12.9. The van der Waals surface area contributed by atoms with E-state index in [1.807, 2.05) is 0 Å². The van der Waals surface area contributed by atoms with Crippen LogP contribution in [0.15, 0.2) is 53.3 Å². The summed E-state index contributed by atoms with van der Waals surface area (Å²) >= 11 is 0. The van der Waals surface area contributed by atoms with E-state index in [4.69, 9.17) is 5.11 Å². The highest BCUT2D eigenvalue weighted by Gasteiger charge is 2.17. The zero-order chi connectivity index (χ0) is 15.0. The van der Waals surface area contributed by atoms with E-state index in [-0.39, 0.29) is 22.4 Å². The van der Waals surface area contributed by atoms with Gasteiger partial charge in [0.25, 0.3) is 5.56 Å². The number of aromatic nitrogens is 1. The summed E-state index contributed by atoms with van der Waals surface area (Å²) < 4.78 is 0. The van der Waals surface area contributed by atoms with Crippen LogP contribution in [0, 0.1) is 0 Å². The van der Waals surface area contributed by atoms with Crippen molar-refractivity contribution in [2.45, 2.75) is 0 Å². The molecule has 0 atom stereocenters. The van der Waals surface area contributed by atoms with Crippen LogP contribution < -0.4 is 5.56 Å². The summed E-state index contributed by atoms with van der Waals surface area (Å²) in [5.41, 5.74) is 0.233. The third-order valence-electron chi connectivity index (χ3n) is 3.31. The molecule has 21 heavy (non-hydrogen) atoms. The van der Waals surface area contributed by atoms with Gasteiger partial charge in [-0.3, -0.25) is 4.79 Å². The first-order chi connectivity index (χ1) is 10.1. The van der Waals surface area contributed by atoms with Gasteiger partial charge in [0.2, 0.25) is 0 Å². The molecule has 0 aliphatic rings. The molecule has 0 fully saturated rings. The molecule has 0 radical (unpaired) electrons. The van der Waals surface area contributed by atoms with Crippen molar-refractivity contribution in [2.24, 2.45) is 0 Å². The van der Waals surface area contributed by atoms with Gasteiger partial charge in [0.15, 0.2) is 0 Å². The van der Waals surface area contributed by atoms with Crippen LogP contribution in [-0.4, -0.2) is 21.2 Å². The Morgan fingerprint density at radius 1 is 1.00 bits per heavy atom. The number of benzene rings is 2. The van der Waals surface area contributed by atoms with Gasteiger partial charge in [0.05, 0.1) is 16.6 Å². The van der Waals surface area contributed by atoms with Crippen LogP contribution in [0.25, 0.3) is 22.0 Å². The molecular formula is C16H11NO4. The number of rotatable bonds is 2. The second kappa shape index (κ2) is 4.79. The van der Waals surface area contributed by atoms with Gasteiger partial charge in [0, 0.05) is 5.39 Å². The third kappa shape index (κ3) is 2.04. The van der Waals surface area contributed by atoms with E-state index in [0.29, 0.717) is 10.9 Å². The highest BCUT2D eigenvalue weighted by atomic mass is 16.4. The summed E-state index contributed by atoms with van der Waals surface area (Å²) in [7, 11) is 0. The quantitative estimate of drug-likeness (QED) is 0.673. The summed E-state index contributed by atoms with van der Waals surface area (Å²) in [5.74, 6) is -1.38. The molecule has 2 aromatic carbocycles. The molecule has 3 rings (SSSR count). The molecule has 104 valence electrons. The number of aromatic carboxylic acids is 1. The van der Waals surface area contributed by atoms with E-state index >= 15 is 0 Å². The van der Waals surface area contributed by atoms with E-state index < -0.39 is 11.5 Å². The Hall–Kier alpha value is -3.08. The van der Waals surface area contributed by atoms with Crippen molar-refractivity contribution in [2.75, 3.05) is 0 Å². The molecule has 0 unspecified atom stereocenters. The lowest BCUT2D eigenvalue weighted by Gasteiger charge is -2.09. The molecular weight excluding hydrogens is 270 g/mol. The van der Waals surface area contributed by atoms with E-state index in [1.54, 1.807) is 36.4 Å². The molecule has 0 spiro atoms. The fourth-order valence-corrected chi connectivity index (χ4v) is 2.35. The lowest BCUT2D eigenvalue weighted by molar-refractivity contribution is 0.0699. The van der Waals surface area contributed by atoms with Crippen LogP contribution in [0.4, 0.5) is 0 Å². The molecule has 0 amide bonds. The number of aromatic amines is 1. The van der Waals surface area contributed by atoms with Crippen LogP contribution in [0.3, 0.4) is 0 Å². The largest absolute Gasteiger partial charge is 0.506 e. The number of aromatic hydroxyl groups is 1. The minimum Gasteiger partial charge on any atom is -0.506 e. The summed E-state index contributed by atoms with van der Waals surface area (Å²) in [6.07, 6.45) is 0. The zero-order valence-corrected chi connectivity index (χ0v) is 10.8. The Morgan fingerprint density at radius 3 is 2.38 bits per heavy atom. The minimum atomic E-state index is -1.16. The number of fused-ring (bicyclic) bond motifs is 1. The maximum absolute atomic E-state index is 12.2. The van der Waals surface area contributed by atoms with E-state index in [2.05, 4.69) is 4.98 Å². The molecule has 0 aliphatic carbocycles. The van der Waals surface area contributed by atoms with Crippen LogP contribution in [0.5, 0.6) is 5.75 Å². The van der Waals surface area contributed by atoms with Gasteiger partial charge in [-0.05, 0) is 17.7 Å². The van der Waals surface area contributed by atoms with Crippen molar-refractivity contribution in [3.8, 4) is 16.9 Å². The molecule has 3 N–H and O–H groups in total. The van der Waals surface area contributed by atoms with Crippen molar-refractivity contribution in [3.05, 3.63) is 64.4 Å². The predicted molar refractivity (Wildman–Crippen MR) is 78.6 cm³/mol. The van der Waals surface area contributed by atoms with Gasteiger partial charge < -0.3 is 15.2 Å². The van der Waals surface area contributed by atoms with Crippen molar-refractivity contribution < 1.29 is 15.0 Å². The van der Waals surface area contributed by atoms with Gasteiger partial charge in [-0.2, -0.15) is 0 Å². The van der Waals surface area contributed by atoms with Crippen molar-refractivity contribution in [1.29, 1.82) is 0 Å². The van der Waals surface area contributed by atoms with Gasteiger partial charge in [-0.25, -0.2) is 4.79 Å². The standard InChI is InChI=1S/C16H11NO4/c18-14-10-7-4-8-11(16(20)21)13(10)17-15(19)12(14)9-5-2-1-3-6-9/h1-8H,(H,20,21)(H2,17,18,19). The Labute approximate surface area is 119 Å². The third-order valence-corrected chi connectivity index (χ3v) is 3.31. The highest BCUT2D eigenvalue weighted by molar-refractivity contribution is 6.04. The van der Waals surface area contributed by atoms with Gasteiger partial charge in [-0.1, -0.05) is 36.4 Å². The first-order valence-electron chi connectivity index (χ1n) is 6.26. The molecule has 0 bridgehead atoms. The summed E-state index contributed by atoms with van der Waals surface area (Å²) in [4.78, 5) is 26.0. The SMILES string of the molecule is O=C(O)c1cccc2c(O)c(-c3ccccc3)c(=O)[nH]c12. The van der Waals surface area contributed by atoms with Gasteiger partial charge in [-0.15, -0.1) is 0 Å². The number of carboxylic acid groups (broad SMARTS) is 1. The van der Waals surface area contributed by atoms with Gasteiger partial charge in [0.1, 0.15) is 5.75 Å². The van der Waals surface area contributed by atoms with Crippen LogP contribution in [0.2, 0.25) is 0 Å². The number of H-pyrrole nitrogens is 1. The molecule has 1 heterocycles. The molecule has 0 saturated heterocycles. The van der Waals surface area contributed by atoms with E-state index in [9.17, 15) is 14.7 Å². The smallest absolute Gasteiger partial charge is 0.337 e. The number of pyridine rings is 1. The van der Waals surface area contributed by atoms with E-state index in [0.717, 1.165) is 0 Å². The number of carbonyl (C=O) groups is 1. The number of nitrogens with one attached hydrogen (secondary N) is 1. The lowest BCUT2D eigenvalue weighted by Crippen LogP contribution is -2.11. The summed E-state index contributed by atoms with van der Waals surface area (Å²) in [5, 5.41) is 19.8. The second-order valence-electron chi connectivity index (χ2n) is 4.58. The number of hydrogen-bond acceptors (Lipinski definition) is 3. The first-order valence-corrected chi connectivity index (χ1v) is 6.26. The van der Waals surface area contributed by atoms with Crippen LogP contribution in [0.1, 0.15) is 10.4 Å². The normalized spacial score (nSPS) is 10.7. The summed E-state index contributed by atoms with van der Waals surface area (Å²) in [6, 6.07) is 13.2. The Morgan fingerprint density at radius 2 is 1.71 bits per heavy atom. The molecule has 3 aromatic rings. The lowest BCUT2D eigenvalue weighted by atomic mass is 10.0. The average Bonchev–Trinajstić information content (AvgIpc) is 2.47. The monoisotopic (exact) mass is 281 g/mol. The van der Waals surface area contributed by atoms with Crippen LogP contribution in [-0.2, 0) is 0 Å². The van der Waals surface area contributed by atoms with Crippen molar-refractivity contribution in [3.63, 3.8) is 0 Å². The zero-order valence-electron chi connectivity index (χ0n) is 10.8. The number of hydrogen-bond donors (Lipinski definition) is 3. The van der Waals surface area contributed by atoms with Crippen LogP contribution >= 0.6 is 0 Å². The average molecular weight is 281 g/mol. The molecule has 5 nitrogen and oxygen atoms in total. The Bertz CT molecular complexity index is 897. The van der Waals surface area contributed by atoms with Crippen molar-refractivity contribution in [1.82, 2.24) is 4.98 Å². The number of carboxylic acids is 1. The molecule has 1 aromatic heterocycles. The Kier molecular flexibility index (Phi) is 2.95. The minimum absolute atomic E-state index is 0.0560. The van der Waals surface area contributed by atoms with Crippen molar-refractivity contribution >= 4 is 16.9 Å². The summed E-state index contributed by atoms with van der Waals surface area (Å²) in [6.45, 7) is 0. The van der Waals surface area contributed by atoms with E-state index in [1.165, 1.54) is 12.1 Å². The highest BCUT2D eigenvalue weighted by Crippen LogP contribution is 2.32. The molecule has 5 heteroatoms. The Balaban J connectivity index is 2.41. The number of para-hydroxylation sites is 1.